The van der Waals surface area contributed by atoms with E-state index in [9.17, 15) is 9.90 Å². The van der Waals surface area contributed by atoms with Gasteiger partial charge < -0.3 is 14.2 Å². The molecule has 1 N–H and O–H groups in total. The molecule has 2 heterocycles. The van der Waals surface area contributed by atoms with Crippen molar-refractivity contribution in [3.63, 3.8) is 0 Å². The zero-order chi connectivity index (χ0) is 14.9. The quantitative estimate of drug-likeness (QED) is 0.926. The summed E-state index contributed by atoms with van der Waals surface area (Å²) in [4.78, 5) is 20.1. The summed E-state index contributed by atoms with van der Waals surface area (Å²) in [5.41, 5.74) is -0.760. The molecule has 0 saturated heterocycles. The lowest BCUT2D eigenvalue weighted by atomic mass is 9.72. The molecule has 1 fully saturated rings. The predicted octanol–water partition coefficient (Wildman–Crippen LogP) is 2.05. The van der Waals surface area contributed by atoms with Crippen molar-refractivity contribution in [2.24, 2.45) is 12.5 Å². The molecule has 0 bridgehead atoms. The zero-order valence-electron chi connectivity index (χ0n) is 11.9. The van der Waals surface area contributed by atoms with Gasteiger partial charge in [0.05, 0.1) is 5.41 Å². The second kappa shape index (κ2) is 5.31. The van der Waals surface area contributed by atoms with Crippen molar-refractivity contribution in [1.82, 2.24) is 19.7 Å². The van der Waals surface area contributed by atoms with Gasteiger partial charge in [-0.05, 0) is 12.8 Å². The molecule has 0 unspecified atom stereocenters. The number of imidazole rings is 1. The molecule has 0 aromatic carbocycles. The zero-order valence-corrected chi connectivity index (χ0v) is 11.9. The number of nitrogens with zero attached hydrogens (tertiary/aromatic N) is 4. The molecule has 1 aliphatic rings. The lowest BCUT2D eigenvalue weighted by Crippen LogP contribution is -2.35. The fraction of sp³-hybridized carbons (Fsp3) is 0.571. The minimum absolute atomic E-state index is 0.291. The Morgan fingerprint density at radius 1 is 1.43 bits per heavy atom. The average molecular weight is 290 g/mol. The highest BCUT2D eigenvalue weighted by Gasteiger charge is 2.41. The minimum atomic E-state index is -0.765. The molecular weight excluding hydrogens is 272 g/mol. The molecule has 1 saturated carbocycles. The first kappa shape index (κ1) is 13.8. The number of hydrogen-bond acceptors (Lipinski definition) is 5. The van der Waals surface area contributed by atoms with Gasteiger partial charge in [0.15, 0.2) is 5.82 Å². The van der Waals surface area contributed by atoms with Crippen LogP contribution in [0.2, 0.25) is 0 Å². The highest BCUT2D eigenvalue weighted by Crippen LogP contribution is 2.39. The number of aliphatic carboxylic acids is 1. The Morgan fingerprint density at radius 2 is 2.19 bits per heavy atom. The van der Waals surface area contributed by atoms with E-state index < -0.39 is 11.4 Å². The van der Waals surface area contributed by atoms with E-state index in [1.807, 2.05) is 7.05 Å². The highest BCUT2D eigenvalue weighted by atomic mass is 16.5. The molecule has 7 heteroatoms. The summed E-state index contributed by atoms with van der Waals surface area (Å²) in [6.45, 7) is 0. The summed E-state index contributed by atoms with van der Waals surface area (Å²) >= 11 is 0. The molecule has 0 atom stereocenters. The first-order chi connectivity index (χ1) is 10.1. The summed E-state index contributed by atoms with van der Waals surface area (Å²) in [5.74, 6) is 0.614. The van der Waals surface area contributed by atoms with Crippen molar-refractivity contribution < 1.29 is 14.4 Å². The average Bonchev–Trinajstić information content (AvgIpc) is 3.08. The van der Waals surface area contributed by atoms with Crippen molar-refractivity contribution in [2.45, 2.75) is 38.5 Å². The second-order valence-electron chi connectivity index (χ2n) is 5.70. The van der Waals surface area contributed by atoms with Crippen LogP contribution in [0.15, 0.2) is 16.9 Å². The van der Waals surface area contributed by atoms with E-state index in [1.54, 1.807) is 17.0 Å². The molecule has 7 nitrogen and oxygen atoms in total. The molecule has 3 rings (SSSR count). The Labute approximate surface area is 122 Å². The van der Waals surface area contributed by atoms with Gasteiger partial charge in [-0.25, -0.2) is 4.98 Å². The van der Waals surface area contributed by atoms with Crippen LogP contribution in [0.5, 0.6) is 0 Å². The number of hydrogen-bond donors (Lipinski definition) is 1. The maximum Gasteiger partial charge on any atom is 0.310 e. The monoisotopic (exact) mass is 290 g/mol. The van der Waals surface area contributed by atoms with Gasteiger partial charge in [-0.15, -0.1) is 0 Å². The van der Waals surface area contributed by atoms with Crippen molar-refractivity contribution in [1.29, 1.82) is 0 Å². The van der Waals surface area contributed by atoms with E-state index in [2.05, 4.69) is 15.1 Å². The smallest absolute Gasteiger partial charge is 0.310 e. The maximum atomic E-state index is 11.7. The number of aromatic nitrogens is 4. The maximum absolute atomic E-state index is 11.7. The summed E-state index contributed by atoms with van der Waals surface area (Å²) in [6.07, 6.45) is 8.05. The Bertz CT molecular complexity index is 640. The standard InChI is InChI=1S/C14H18N4O3/c1-18-8-7-15-12(18)11-16-10(21-17-11)9-14(13(19)20)5-3-2-4-6-14/h7-8H,2-6,9H2,1H3,(H,19,20). The van der Waals surface area contributed by atoms with E-state index in [0.29, 0.717) is 36.8 Å². The normalized spacial score (nSPS) is 17.8. The predicted molar refractivity (Wildman–Crippen MR) is 73.4 cm³/mol. The van der Waals surface area contributed by atoms with Crippen molar-refractivity contribution in [3.8, 4) is 11.6 Å². The molecule has 0 amide bonds. The van der Waals surface area contributed by atoms with Gasteiger partial charge in [0, 0.05) is 25.9 Å². The van der Waals surface area contributed by atoms with Crippen LogP contribution in [-0.4, -0.2) is 30.8 Å². The molecule has 2 aromatic rings. The lowest BCUT2D eigenvalue weighted by Gasteiger charge is -2.31. The van der Waals surface area contributed by atoms with Crippen molar-refractivity contribution in [2.75, 3.05) is 0 Å². The fourth-order valence-electron chi connectivity index (χ4n) is 2.98. The third-order valence-corrected chi connectivity index (χ3v) is 4.24. The van der Waals surface area contributed by atoms with Crippen LogP contribution in [0.4, 0.5) is 0 Å². The molecule has 0 radical (unpaired) electrons. The van der Waals surface area contributed by atoms with Gasteiger partial charge in [0.2, 0.25) is 11.7 Å². The van der Waals surface area contributed by atoms with Crippen LogP contribution >= 0.6 is 0 Å². The van der Waals surface area contributed by atoms with Crippen LogP contribution in [0.25, 0.3) is 11.6 Å². The summed E-state index contributed by atoms with van der Waals surface area (Å²) in [5, 5.41) is 13.5. The summed E-state index contributed by atoms with van der Waals surface area (Å²) in [6, 6.07) is 0. The Hall–Kier alpha value is -2.18. The van der Waals surface area contributed by atoms with Gasteiger partial charge >= 0.3 is 5.97 Å². The van der Waals surface area contributed by atoms with Gasteiger partial charge in [0.25, 0.3) is 0 Å². The van der Waals surface area contributed by atoms with Crippen molar-refractivity contribution >= 4 is 5.97 Å². The third-order valence-electron chi connectivity index (χ3n) is 4.24. The molecular formula is C14H18N4O3. The van der Waals surface area contributed by atoms with Crippen molar-refractivity contribution in [3.05, 3.63) is 18.3 Å². The Balaban J connectivity index is 1.83. The lowest BCUT2D eigenvalue weighted by molar-refractivity contribution is -0.151. The van der Waals surface area contributed by atoms with Crippen LogP contribution < -0.4 is 0 Å². The number of carboxylic acid groups (broad SMARTS) is 1. The van der Waals surface area contributed by atoms with Gasteiger partial charge in [-0.1, -0.05) is 24.4 Å². The van der Waals surface area contributed by atoms with Gasteiger partial charge in [0.1, 0.15) is 0 Å². The van der Waals surface area contributed by atoms with Gasteiger partial charge in [-0.3, -0.25) is 4.79 Å². The third kappa shape index (κ3) is 2.55. The Morgan fingerprint density at radius 3 is 2.81 bits per heavy atom. The topological polar surface area (TPSA) is 94.0 Å². The Kier molecular flexibility index (Phi) is 3.48. The first-order valence-corrected chi connectivity index (χ1v) is 7.14. The molecule has 1 aliphatic carbocycles. The van der Waals surface area contributed by atoms with E-state index in [0.717, 1.165) is 19.3 Å². The molecule has 0 spiro atoms. The van der Waals surface area contributed by atoms with Crippen LogP contribution in [0.3, 0.4) is 0 Å². The first-order valence-electron chi connectivity index (χ1n) is 7.14. The summed E-state index contributed by atoms with van der Waals surface area (Å²) < 4.78 is 7.04. The number of aryl methyl sites for hydroxylation is 1. The van der Waals surface area contributed by atoms with E-state index in [1.165, 1.54) is 0 Å². The van der Waals surface area contributed by atoms with Crippen LogP contribution in [0, 0.1) is 5.41 Å². The highest BCUT2D eigenvalue weighted by molar-refractivity contribution is 5.75. The number of rotatable bonds is 4. The molecule has 21 heavy (non-hydrogen) atoms. The van der Waals surface area contributed by atoms with Crippen LogP contribution in [-0.2, 0) is 18.3 Å². The molecule has 0 aliphatic heterocycles. The summed E-state index contributed by atoms with van der Waals surface area (Å²) in [7, 11) is 1.85. The molecule has 112 valence electrons. The van der Waals surface area contributed by atoms with E-state index >= 15 is 0 Å². The largest absolute Gasteiger partial charge is 0.481 e. The second-order valence-corrected chi connectivity index (χ2v) is 5.70. The van der Waals surface area contributed by atoms with E-state index in [-0.39, 0.29) is 0 Å². The SMILES string of the molecule is Cn1ccnc1-c1noc(CC2(C(=O)O)CCCCC2)n1. The number of carbonyl (C=O) groups is 1. The van der Waals surface area contributed by atoms with Crippen LogP contribution in [0.1, 0.15) is 38.0 Å². The van der Waals surface area contributed by atoms with Gasteiger partial charge in [-0.2, -0.15) is 4.98 Å². The molecule has 2 aromatic heterocycles. The van der Waals surface area contributed by atoms with E-state index in [4.69, 9.17) is 4.52 Å². The minimum Gasteiger partial charge on any atom is -0.481 e. The fourth-order valence-corrected chi connectivity index (χ4v) is 2.98. The number of carboxylic acids is 1.